The van der Waals surface area contributed by atoms with Crippen molar-refractivity contribution in [2.75, 3.05) is 0 Å². The van der Waals surface area contributed by atoms with Gasteiger partial charge in [0.1, 0.15) is 24.2 Å². The van der Waals surface area contributed by atoms with Gasteiger partial charge in [-0.25, -0.2) is 0 Å². The number of nitrogens with one attached hydrogen (secondary N) is 1. The third kappa shape index (κ3) is 21.0. The van der Waals surface area contributed by atoms with Crippen molar-refractivity contribution >= 4 is 17.8 Å². The van der Waals surface area contributed by atoms with Crippen LogP contribution in [0.4, 0.5) is 0 Å². The maximum atomic E-state index is 13.3. The van der Waals surface area contributed by atoms with Crippen LogP contribution in [-0.2, 0) is 39.8 Å². The van der Waals surface area contributed by atoms with Crippen LogP contribution in [-0.4, -0.2) is 183 Å². The van der Waals surface area contributed by atoms with Crippen LogP contribution in [0.2, 0.25) is 0 Å². The van der Waals surface area contributed by atoms with Crippen LogP contribution in [0.5, 0.6) is 0 Å². The summed E-state index contributed by atoms with van der Waals surface area (Å²) in [7, 11) is 0. The van der Waals surface area contributed by atoms with Gasteiger partial charge in [-0.05, 0) is 70.4 Å². The molecule has 1 aromatic rings. The van der Waals surface area contributed by atoms with Gasteiger partial charge in [-0.15, -0.1) is 0 Å². The number of carbonyl (C=O) groups excluding carboxylic acids is 2. The molecule has 21 nitrogen and oxygen atoms in total. The first-order valence-corrected chi connectivity index (χ1v) is 26.2. The maximum Gasteiger partial charge on any atom is 0.311 e. The summed E-state index contributed by atoms with van der Waals surface area (Å²) in [5.74, 6) is -7.75. The van der Waals surface area contributed by atoms with E-state index in [0.717, 1.165) is 12.8 Å². The molecule has 2 saturated heterocycles. The second-order valence-electron chi connectivity index (χ2n) is 20.5. The zero-order valence-electron chi connectivity index (χ0n) is 43.8. The molecule has 0 unspecified atom stereocenters. The molecule has 0 saturated carbocycles. The summed E-state index contributed by atoms with van der Waals surface area (Å²) in [5, 5.41) is 123. The lowest BCUT2D eigenvalue weighted by molar-refractivity contribution is -0.310. The number of carboxylic acids is 1. The van der Waals surface area contributed by atoms with E-state index in [-0.39, 0.29) is 38.0 Å². The number of rotatable bonds is 7. The fourth-order valence-electron chi connectivity index (χ4n) is 9.39. The van der Waals surface area contributed by atoms with E-state index in [0.29, 0.717) is 5.56 Å². The van der Waals surface area contributed by atoms with E-state index in [1.807, 2.05) is 43.4 Å². The van der Waals surface area contributed by atoms with Crippen molar-refractivity contribution in [1.82, 2.24) is 10.3 Å². The fourth-order valence-corrected chi connectivity index (χ4v) is 9.39. The number of carbonyl (C=O) groups is 3. The minimum absolute atomic E-state index is 0.0989. The van der Waals surface area contributed by atoms with Crippen LogP contribution in [0.3, 0.4) is 0 Å². The smallest absolute Gasteiger partial charge is 0.311 e. The number of amides is 1. The van der Waals surface area contributed by atoms with E-state index in [2.05, 4.69) is 10.3 Å². The van der Waals surface area contributed by atoms with Crippen molar-refractivity contribution in [3.8, 4) is 0 Å². The van der Waals surface area contributed by atoms with Crippen molar-refractivity contribution in [3.05, 3.63) is 103 Å². The minimum atomic E-state index is -2.42. The molecule has 20 atom stereocenters. The van der Waals surface area contributed by atoms with Gasteiger partial charge in [0.25, 0.3) is 0 Å². The Kier molecular flexibility index (Phi) is 26.7. The third-order valence-corrected chi connectivity index (χ3v) is 14.0. The summed E-state index contributed by atoms with van der Waals surface area (Å²) in [5.41, 5.74) is 6.87. The highest BCUT2D eigenvalue weighted by atomic mass is 16.7. The number of esters is 1. The summed E-state index contributed by atoms with van der Waals surface area (Å²) in [6.45, 7) is 6.71. The maximum absolute atomic E-state index is 13.3. The molecule has 2 bridgehead atoms. The number of aliphatic hydroxyl groups is 10. The van der Waals surface area contributed by atoms with Crippen molar-refractivity contribution in [3.63, 3.8) is 0 Å². The van der Waals surface area contributed by atoms with Gasteiger partial charge in [0.15, 0.2) is 12.1 Å². The number of aromatic nitrogens is 1. The molecule has 0 aromatic carbocycles. The van der Waals surface area contributed by atoms with Crippen LogP contribution in [0.25, 0.3) is 0 Å². The predicted molar refractivity (Wildman–Crippen MR) is 277 cm³/mol. The van der Waals surface area contributed by atoms with Gasteiger partial charge in [0.05, 0.1) is 79.5 Å². The van der Waals surface area contributed by atoms with Crippen LogP contribution in [0.15, 0.2) is 97.4 Å². The van der Waals surface area contributed by atoms with Crippen LogP contribution in [0, 0.1) is 17.8 Å². The van der Waals surface area contributed by atoms with E-state index < -0.39 is 159 Å². The summed E-state index contributed by atoms with van der Waals surface area (Å²) in [6.07, 6.45) is 3.63. The van der Waals surface area contributed by atoms with E-state index in [9.17, 15) is 70.6 Å². The Hall–Kier alpha value is -4.56. The number of allylic oxidation sites excluding steroid dienone is 10. The SMILES string of the molecule is C[C@@H]1[C@H](O)[C@@H](C)/C=C/C=C/CC/C=C/C=C/C=C/C=C/[C@H](O[C@H]2O[C@H](C)[C@@H](O)[C@H](NC(=O)[C@H](N)Cc3cccnc3)[C@@H]2O)C[C@@H]2O[C@](O)(C[C@@H](O)[C@H](O)CC[C@@H](O)C[C@@H](O)C[C@@H](O)CC(=O)O[C@H]1C)C[C@H](O)[C@H]2C(=O)O. The number of nitrogens with two attached hydrogens (primary N) is 1. The fraction of sp³-hybridized carbons (Fsp3) is 0.636. The molecule has 14 N–H and O–H groups in total. The molecule has 1 aromatic heterocycles. The topological polar surface area (TPSA) is 362 Å². The van der Waals surface area contributed by atoms with Crippen molar-refractivity contribution in [2.24, 2.45) is 23.5 Å². The number of aliphatic carboxylic acids is 1. The number of hydrogen-bond donors (Lipinski definition) is 13. The number of fused-ring (bicyclic) bond motifs is 2. The standard InChI is InChI=1S/C55H83N3O18/c1-32-18-15-13-11-9-7-5-6-8-10-12-14-16-20-40(75-54-51(68)48(50(67)35(4)74-54)58-52(69)41(56)24-36-19-17-23-57-31-36)28-45-47(53(70)71)44(64)30-55(72,76-45)29-43(63)42(62)22-21-37(59)25-38(60)26-39(61)27-46(65)73-34(3)33(2)49(32)66/h5-6,8,10-20,23,31-35,37-45,47-51,54,59-64,66-68,72H,7,9,21-22,24-30,56H2,1-4H3,(H,58,69)(H,70,71)/b6-5+,10-8+,13-11+,14-12+,18-15+,20-16+/t32-,33-,34-,35+,37+,38+,39+,40-,41+,42+,43+,44-,45-,47+,48-,49+,50+,51-,54+,55+/m0/s1. The van der Waals surface area contributed by atoms with Crippen LogP contribution < -0.4 is 11.1 Å². The summed E-state index contributed by atoms with van der Waals surface area (Å²) in [6, 6.07) is 0.972. The number of aliphatic hydroxyl groups excluding tert-OH is 9. The van der Waals surface area contributed by atoms with E-state index in [1.165, 1.54) is 13.0 Å². The average Bonchev–Trinajstić information content (AvgIpc) is 3.34. The number of ether oxygens (including phenoxy) is 4. The van der Waals surface area contributed by atoms with Crippen LogP contribution >= 0.6 is 0 Å². The molecule has 2 fully saturated rings. The lowest BCUT2D eigenvalue weighted by Gasteiger charge is -2.45. The second kappa shape index (κ2) is 31.7. The van der Waals surface area contributed by atoms with E-state index in [4.69, 9.17) is 24.7 Å². The van der Waals surface area contributed by atoms with Gasteiger partial charge < -0.3 is 86.2 Å². The number of carboxylic acid groups (broad SMARTS) is 1. The van der Waals surface area contributed by atoms with Crippen molar-refractivity contribution < 1.29 is 89.5 Å². The van der Waals surface area contributed by atoms with E-state index in [1.54, 1.807) is 68.8 Å². The summed E-state index contributed by atoms with van der Waals surface area (Å²) >= 11 is 0. The van der Waals surface area contributed by atoms with Crippen LogP contribution in [0.1, 0.15) is 97.5 Å². The Labute approximate surface area is 444 Å². The number of cyclic esters (lactones) is 1. The number of pyridine rings is 1. The van der Waals surface area contributed by atoms with Gasteiger partial charge in [0.2, 0.25) is 5.91 Å². The highest BCUT2D eigenvalue weighted by Crippen LogP contribution is 2.38. The van der Waals surface area contributed by atoms with Crippen molar-refractivity contribution in [2.45, 2.75) is 202 Å². The quantitative estimate of drug-likeness (QED) is 0.170. The Bertz CT molecular complexity index is 2110. The molecule has 1 amide bonds. The first-order chi connectivity index (χ1) is 36.0. The van der Waals surface area contributed by atoms with Gasteiger partial charge in [-0.1, -0.05) is 92.8 Å². The molecular weight excluding hydrogens is 991 g/mol. The second-order valence-corrected chi connectivity index (χ2v) is 20.5. The Morgan fingerprint density at radius 3 is 2.08 bits per heavy atom. The summed E-state index contributed by atoms with van der Waals surface area (Å²) < 4.78 is 23.6. The zero-order chi connectivity index (χ0) is 56.1. The van der Waals surface area contributed by atoms with E-state index >= 15 is 0 Å². The van der Waals surface area contributed by atoms with Gasteiger partial charge >= 0.3 is 11.9 Å². The number of nitrogens with zero attached hydrogens (tertiary/aromatic N) is 1. The molecule has 3 aliphatic heterocycles. The largest absolute Gasteiger partial charge is 0.481 e. The minimum Gasteiger partial charge on any atom is -0.481 e. The molecule has 0 radical (unpaired) electrons. The lowest BCUT2D eigenvalue weighted by atomic mass is 9.82. The molecule has 426 valence electrons. The average molecular weight is 1070 g/mol. The Morgan fingerprint density at radius 2 is 1.41 bits per heavy atom. The highest BCUT2D eigenvalue weighted by Gasteiger charge is 2.51. The predicted octanol–water partition coefficient (Wildman–Crippen LogP) is 1.06. The molecule has 4 rings (SSSR count). The van der Waals surface area contributed by atoms with Gasteiger partial charge in [-0.3, -0.25) is 19.4 Å². The molecule has 0 spiro atoms. The Morgan fingerprint density at radius 1 is 0.776 bits per heavy atom. The molecule has 21 heteroatoms. The molecule has 0 aliphatic carbocycles. The molecular formula is C55H83N3O18. The normalized spacial score (nSPS) is 40.7. The molecule has 76 heavy (non-hydrogen) atoms. The first-order valence-electron chi connectivity index (χ1n) is 26.2. The first kappa shape index (κ1) is 64.0. The third-order valence-electron chi connectivity index (χ3n) is 14.0. The summed E-state index contributed by atoms with van der Waals surface area (Å²) in [4.78, 5) is 42.7. The Balaban J connectivity index is 1.57. The highest BCUT2D eigenvalue weighted by molar-refractivity contribution is 5.82. The monoisotopic (exact) mass is 1070 g/mol. The van der Waals surface area contributed by atoms with Gasteiger partial charge in [0, 0.05) is 43.5 Å². The molecule has 4 heterocycles. The van der Waals surface area contributed by atoms with Crippen molar-refractivity contribution in [1.29, 1.82) is 0 Å². The number of hydrogen-bond acceptors (Lipinski definition) is 19. The van der Waals surface area contributed by atoms with Gasteiger partial charge in [-0.2, -0.15) is 0 Å². The zero-order valence-corrected chi connectivity index (χ0v) is 43.8. The molecule has 3 aliphatic rings. The lowest BCUT2D eigenvalue weighted by Crippen LogP contribution is -2.65.